The largest absolute Gasteiger partial charge is 0.467 e. The number of carbonyl (C=O) groups is 3. The number of hydrogen-bond acceptors (Lipinski definition) is 5. The summed E-state index contributed by atoms with van der Waals surface area (Å²) in [7, 11) is 2.47. The summed E-state index contributed by atoms with van der Waals surface area (Å²) in [5.41, 5.74) is 0.372. The summed E-state index contributed by atoms with van der Waals surface area (Å²) in [5.74, 6) is -1.59. The van der Waals surface area contributed by atoms with E-state index in [1.807, 2.05) is 0 Å². The Labute approximate surface area is 150 Å². The Kier molecular flexibility index (Phi) is 7.97. The van der Waals surface area contributed by atoms with Crippen LogP contribution in [0, 0.1) is 0 Å². The summed E-state index contributed by atoms with van der Waals surface area (Å²) in [6, 6.07) is 4.12. The van der Waals surface area contributed by atoms with Gasteiger partial charge in [-0.15, -0.1) is 0 Å². The van der Waals surface area contributed by atoms with Gasteiger partial charge in [0, 0.05) is 20.6 Å². The number of carbonyl (C=O) groups excluding carboxylic acids is 3. The molecule has 0 heterocycles. The van der Waals surface area contributed by atoms with E-state index in [4.69, 9.17) is 0 Å². The molecule has 0 unspecified atom stereocenters. The molecular formula is C15H15Br2NO5. The van der Waals surface area contributed by atoms with E-state index >= 15 is 0 Å². The molecule has 0 saturated carbocycles. The second kappa shape index (κ2) is 9.46. The van der Waals surface area contributed by atoms with E-state index in [1.54, 1.807) is 18.2 Å². The second-order valence-electron chi connectivity index (χ2n) is 4.37. The highest BCUT2D eigenvalue weighted by Gasteiger charge is 2.21. The third-order valence-corrected chi connectivity index (χ3v) is 3.66. The maximum absolute atomic E-state index is 12.3. The molecule has 0 aromatic heterocycles. The van der Waals surface area contributed by atoms with Crippen LogP contribution in [-0.4, -0.2) is 38.1 Å². The van der Waals surface area contributed by atoms with Crippen LogP contribution in [-0.2, 0) is 19.1 Å². The van der Waals surface area contributed by atoms with Gasteiger partial charge in [0.15, 0.2) is 0 Å². The third-order valence-electron chi connectivity index (χ3n) is 2.74. The number of hydrogen-bond donors (Lipinski definition) is 1. The number of esters is 2. The van der Waals surface area contributed by atoms with Crippen LogP contribution in [0.4, 0.5) is 0 Å². The maximum Gasteiger partial charge on any atom is 0.330 e. The Morgan fingerprint density at radius 3 is 2.26 bits per heavy atom. The Hall–Kier alpha value is -1.67. The Balaban J connectivity index is 2.83. The quantitative estimate of drug-likeness (QED) is 0.534. The highest BCUT2D eigenvalue weighted by molar-refractivity contribution is 9.11. The van der Waals surface area contributed by atoms with Crippen molar-refractivity contribution in [3.63, 3.8) is 0 Å². The lowest BCUT2D eigenvalue weighted by Crippen LogP contribution is -2.41. The van der Waals surface area contributed by atoms with Crippen molar-refractivity contribution in [2.45, 2.75) is 12.5 Å². The molecule has 0 saturated heterocycles. The predicted molar refractivity (Wildman–Crippen MR) is 90.9 cm³/mol. The van der Waals surface area contributed by atoms with Crippen LogP contribution in [0.3, 0.4) is 0 Å². The summed E-state index contributed by atoms with van der Waals surface area (Å²) in [4.78, 5) is 35.0. The molecule has 0 fully saturated rings. The van der Waals surface area contributed by atoms with Gasteiger partial charge in [0.25, 0.3) is 5.91 Å². The van der Waals surface area contributed by atoms with E-state index in [-0.39, 0.29) is 6.42 Å². The highest BCUT2D eigenvalue weighted by atomic mass is 79.9. The third kappa shape index (κ3) is 6.54. The van der Waals surface area contributed by atoms with Crippen LogP contribution in [0.1, 0.15) is 16.8 Å². The van der Waals surface area contributed by atoms with Gasteiger partial charge < -0.3 is 14.8 Å². The molecule has 0 spiro atoms. The monoisotopic (exact) mass is 447 g/mol. The summed E-state index contributed by atoms with van der Waals surface area (Å²) in [5, 5.41) is 2.57. The van der Waals surface area contributed by atoms with E-state index in [2.05, 4.69) is 46.7 Å². The van der Waals surface area contributed by atoms with E-state index in [1.165, 1.54) is 26.4 Å². The van der Waals surface area contributed by atoms with Crippen LogP contribution in [0.25, 0.3) is 0 Å². The van der Waals surface area contributed by atoms with Gasteiger partial charge in [0.1, 0.15) is 6.04 Å². The molecule has 0 radical (unpaired) electrons. The van der Waals surface area contributed by atoms with Gasteiger partial charge in [-0.05, 0) is 24.6 Å². The number of amides is 1. The molecule has 8 heteroatoms. The first-order valence-corrected chi connectivity index (χ1v) is 8.05. The average molecular weight is 449 g/mol. The van der Waals surface area contributed by atoms with E-state index < -0.39 is 23.9 Å². The van der Waals surface area contributed by atoms with Crippen LogP contribution in [0.15, 0.2) is 39.3 Å². The molecule has 1 aromatic carbocycles. The molecule has 0 aliphatic rings. The average Bonchev–Trinajstić information content (AvgIpc) is 2.51. The van der Waals surface area contributed by atoms with Crippen LogP contribution >= 0.6 is 31.9 Å². The minimum absolute atomic E-state index is 0.0999. The Bertz CT molecular complexity index is 610. The fourth-order valence-corrected chi connectivity index (χ4v) is 2.94. The lowest BCUT2D eigenvalue weighted by molar-refractivity contribution is -0.143. The molecule has 6 nitrogen and oxygen atoms in total. The predicted octanol–water partition coefficient (Wildman–Crippen LogP) is 2.60. The van der Waals surface area contributed by atoms with Crippen LogP contribution < -0.4 is 5.32 Å². The normalized spacial score (nSPS) is 11.8. The van der Waals surface area contributed by atoms with Gasteiger partial charge in [-0.25, -0.2) is 9.59 Å². The van der Waals surface area contributed by atoms with Gasteiger partial charge >= 0.3 is 11.9 Å². The molecule has 1 rings (SSSR count). The number of halogens is 2. The maximum atomic E-state index is 12.3. The number of nitrogens with one attached hydrogen (secondary N) is 1. The van der Waals surface area contributed by atoms with Crippen LogP contribution in [0.5, 0.6) is 0 Å². The van der Waals surface area contributed by atoms with E-state index in [0.29, 0.717) is 5.56 Å². The van der Waals surface area contributed by atoms with E-state index in [9.17, 15) is 14.4 Å². The number of ether oxygens (including phenoxy) is 2. The topological polar surface area (TPSA) is 81.7 Å². The molecule has 1 N–H and O–H groups in total. The fourth-order valence-electron chi connectivity index (χ4n) is 1.65. The van der Waals surface area contributed by atoms with Crippen molar-refractivity contribution in [3.05, 3.63) is 44.9 Å². The molecule has 1 atom stereocenters. The highest BCUT2D eigenvalue weighted by Crippen LogP contribution is 2.20. The molecule has 124 valence electrons. The first-order chi connectivity index (χ1) is 10.9. The smallest absolute Gasteiger partial charge is 0.330 e. The van der Waals surface area contributed by atoms with Crippen molar-refractivity contribution in [1.29, 1.82) is 0 Å². The zero-order chi connectivity index (χ0) is 17.4. The van der Waals surface area contributed by atoms with Gasteiger partial charge in [-0.2, -0.15) is 0 Å². The first-order valence-electron chi connectivity index (χ1n) is 6.46. The molecule has 23 heavy (non-hydrogen) atoms. The summed E-state index contributed by atoms with van der Waals surface area (Å²) in [6.45, 7) is 0. The van der Waals surface area contributed by atoms with Gasteiger partial charge in [-0.3, -0.25) is 4.79 Å². The standard InChI is InChI=1S/C15H15Br2NO5/c1-22-13(19)5-3-4-12(15(21)23-2)18-14(20)9-6-10(16)8-11(17)7-9/h3,5-8,12H,4H2,1-2H3,(H,18,20)/b5-3+/t12-/m1/s1. The first kappa shape index (κ1) is 19.4. The summed E-state index contributed by atoms with van der Waals surface area (Å²) in [6.07, 6.45) is 2.71. The number of methoxy groups -OCH3 is 2. The molecule has 1 aromatic rings. The van der Waals surface area contributed by atoms with Crippen molar-refractivity contribution in [2.24, 2.45) is 0 Å². The lowest BCUT2D eigenvalue weighted by Gasteiger charge is -2.15. The molecule has 1 amide bonds. The van der Waals surface area contributed by atoms with Crippen molar-refractivity contribution >= 4 is 49.7 Å². The molecular weight excluding hydrogens is 434 g/mol. The fraction of sp³-hybridized carbons (Fsp3) is 0.267. The minimum atomic E-state index is -0.911. The zero-order valence-electron chi connectivity index (χ0n) is 12.5. The number of benzene rings is 1. The lowest BCUT2D eigenvalue weighted by atomic mass is 10.1. The van der Waals surface area contributed by atoms with E-state index in [0.717, 1.165) is 8.95 Å². The minimum Gasteiger partial charge on any atom is -0.467 e. The Morgan fingerprint density at radius 2 is 1.74 bits per heavy atom. The molecule has 0 bridgehead atoms. The van der Waals surface area contributed by atoms with Crippen molar-refractivity contribution in [1.82, 2.24) is 5.32 Å². The van der Waals surface area contributed by atoms with Gasteiger partial charge in [-0.1, -0.05) is 37.9 Å². The molecule has 0 aliphatic heterocycles. The van der Waals surface area contributed by atoms with Crippen molar-refractivity contribution in [2.75, 3.05) is 14.2 Å². The van der Waals surface area contributed by atoms with Gasteiger partial charge in [0.05, 0.1) is 14.2 Å². The van der Waals surface area contributed by atoms with Crippen LogP contribution in [0.2, 0.25) is 0 Å². The van der Waals surface area contributed by atoms with Crippen molar-refractivity contribution < 1.29 is 23.9 Å². The van der Waals surface area contributed by atoms with Gasteiger partial charge in [0.2, 0.25) is 0 Å². The Morgan fingerprint density at radius 1 is 1.13 bits per heavy atom. The summed E-state index contributed by atoms with van der Waals surface area (Å²) >= 11 is 6.58. The number of rotatable bonds is 6. The SMILES string of the molecule is COC(=O)/C=C/C[C@@H](NC(=O)c1cc(Br)cc(Br)c1)C(=O)OC. The zero-order valence-corrected chi connectivity index (χ0v) is 15.6. The second-order valence-corrected chi connectivity index (χ2v) is 6.20. The molecule has 0 aliphatic carbocycles. The summed E-state index contributed by atoms with van der Waals surface area (Å²) < 4.78 is 10.6. The van der Waals surface area contributed by atoms with Crippen molar-refractivity contribution in [3.8, 4) is 0 Å².